The van der Waals surface area contributed by atoms with Gasteiger partial charge >= 0.3 is 0 Å². The lowest BCUT2D eigenvalue weighted by atomic mass is 11.0. The third-order valence-electron chi connectivity index (χ3n) is 0.894. The Morgan fingerprint density at radius 1 is 1.73 bits per heavy atom. The van der Waals surface area contributed by atoms with Gasteiger partial charge in [0.1, 0.15) is 4.66 Å². The second kappa shape index (κ2) is 3.22. The van der Waals surface area contributed by atoms with E-state index in [-0.39, 0.29) is 10.6 Å². The summed E-state index contributed by atoms with van der Waals surface area (Å²) in [4.78, 5) is 6.29. The number of halogens is 1. The van der Waals surface area contributed by atoms with Gasteiger partial charge in [0.25, 0.3) is 0 Å². The molecule has 0 bridgehead atoms. The van der Waals surface area contributed by atoms with Crippen molar-refractivity contribution in [1.29, 1.82) is 0 Å². The first-order chi connectivity index (χ1) is 5.14. The average Bonchev–Trinajstić information content (AvgIpc) is 2.39. The fourth-order valence-corrected chi connectivity index (χ4v) is 1.30. The Kier molecular flexibility index (Phi) is 2.50. The van der Waals surface area contributed by atoms with Crippen LogP contribution in [0.2, 0.25) is 0 Å². The third kappa shape index (κ3) is 2.51. The van der Waals surface area contributed by atoms with E-state index in [1.807, 2.05) is 0 Å². The quantitative estimate of drug-likeness (QED) is 0.755. The first-order valence-electron chi connectivity index (χ1n) is 2.70. The van der Waals surface area contributed by atoms with Crippen LogP contribution in [0.4, 0.5) is 5.95 Å². The zero-order valence-electron chi connectivity index (χ0n) is 5.41. The van der Waals surface area contributed by atoms with Crippen LogP contribution in [0.25, 0.3) is 0 Å². The number of H-pyrrole nitrogens is 1. The molecular formula is C4H6BrN3O2S. The molecule has 0 spiro atoms. The van der Waals surface area contributed by atoms with Gasteiger partial charge < -0.3 is 4.98 Å². The maximum absolute atomic E-state index is 10.8. The lowest BCUT2D eigenvalue weighted by Gasteiger charge is -1.98. The largest absolute Gasteiger partial charge is 0.330 e. The van der Waals surface area contributed by atoms with Crippen LogP contribution < -0.4 is 4.72 Å². The normalized spacial score (nSPS) is 11.4. The van der Waals surface area contributed by atoms with Gasteiger partial charge in [-0.05, 0) is 0 Å². The van der Waals surface area contributed by atoms with Crippen molar-refractivity contribution in [1.82, 2.24) is 9.97 Å². The van der Waals surface area contributed by atoms with E-state index < -0.39 is 10.0 Å². The molecule has 0 amide bonds. The number of aromatic nitrogens is 2. The highest BCUT2D eigenvalue weighted by Gasteiger charge is 2.07. The van der Waals surface area contributed by atoms with Crippen molar-refractivity contribution in [2.24, 2.45) is 0 Å². The van der Waals surface area contributed by atoms with Crippen molar-refractivity contribution in [3.05, 3.63) is 12.4 Å². The average molecular weight is 240 g/mol. The molecular weight excluding hydrogens is 234 g/mol. The molecule has 0 saturated carbocycles. The van der Waals surface area contributed by atoms with E-state index in [4.69, 9.17) is 0 Å². The van der Waals surface area contributed by atoms with E-state index in [0.717, 1.165) is 0 Å². The van der Waals surface area contributed by atoms with Crippen molar-refractivity contribution in [2.75, 3.05) is 9.38 Å². The standard InChI is InChI=1S/C4H6BrN3O2S/c5-3-11(9,10)8-4-6-1-2-7-4/h1-2H,3H2,(H2,6,7,8). The van der Waals surface area contributed by atoms with Crippen LogP contribution in [0.5, 0.6) is 0 Å². The Labute approximate surface area is 72.4 Å². The van der Waals surface area contributed by atoms with E-state index in [1.54, 1.807) is 0 Å². The second-order valence-corrected chi connectivity index (χ2v) is 4.79. The van der Waals surface area contributed by atoms with Crippen LogP contribution in [0.1, 0.15) is 0 Å². The Morgan fingerprint density at radius 2 is 2.45 bits per heavy atom. The smallest absolute Gasteiger partial charge is 0.245 e. The molecule has 11 heavy (non-hydrogen) atoms. The Hall–Kier alpha value is -0.560. The van der Waals surface area contributed by atoms with Gasteiger partial charge in [0, 0.05) is 12.4 Å². The van der Waals surface area contributed by atoms with Crippen LogP contribution in [0.15, 0.2) is 12.4 Å². The zero-order chi connectivity index (χ0) is 8.32. The molecule has 1 aromatic rings. The molecule has 0 aliphatic rings. The summed E-state index contributed by atoms with van der Waals surface area (Å²) in [6.07, 6.45) is 3.00. The predicted octanol–water partition coefficient (Wildman–Crippen LogP) is 0.504. The maximum Gasteiger partial charge on any atom is 0.245 e. The van der Waals surface area contributed by atoms with Crippen LogP contribution in [0.3, 0.4) is 0 Å². The number of aromatic amines is 1. The van der Waals surface area contributed by atoms with E-state index in [0.29, 0.717) is 0 Å². The van der Waals surface area contributed by atoms with Gasteiger partial charge in [0.05, 0.1) is 0 Å². The number of hydrogen-bond donors (Lipinski definition) is 2. The summed E-state index contributed by atoms with van der Waals surface area (Å²) < 4.78 is 23.8. The fourth-order valence-electron chi connectivity index (χ4n) is 0.496. The van der Waals surface area contributed by atoms with Crippen molar-refractivity contribution in [2.45, 2.75) is 0 Å². The summed E-state index contributed by atoms with van der Waals surface area (Å²) in [7, 11) is -3.27. The van der Waals surface area contributed by atoms with Gasteiger partial charge in [-0.15, -0.1) is 0 Å². The molecule has 0 aliphatic heterocycles. The minimum absolute atomic E-state index is 0.138. The maximum atomic E-state index is 10.8. The molecule has 0 saturated heterocycles. The number of nitrogens with one attached hydrogen (secondary N) is 2. The van der Waals surface area contributed by atoms with E-state index in [9.17, 15) is 8.42 Å². The van der Waals surface area contributed by atoms with Crippen LogP contribution >= 0.6 is 15.9 Å². The Bertz CT molecular complexity index is 306. The van der Waals surface area contributed by atoms with E-state index >= 15 is 0 Å². The summed E-state index contributed by atoms with van der Waals surface area (Å²) >= 11 is 2.82. The minimum Gasteiger partial charge on any atom is -0.330 e. The van der Waals surface area contributed by atoms with Crippen molar-refractivity contribution in [3.63, 3.8) is 0 Å². The number of sulfonamides is 1. The lowest BCUT2D eigenvalue weighted by molar-refractivity contribution is 0.605. The summed E-state index contributed by atoms with van der Waals surface area (Å²) in [5, 5.41) is 0. The Balaban J connectivity index is 2.72. The zero-order valence-corrected chi connectivity index (χ0v) is 7.81. The van der Waals surface area contributed by atoms with E-state index in [1.165, 1.54) is 12.4 Å². The molecule has 7 heteroatoms. The molecule has 0 atom stereocenters. The number of imidazole rings is 1. The van der Waals surface area contributed by atoms with Crippen LogP contribution in [-0.2, 0) is 10.0 Å². The molecule has 0 fully saturated rings. The highest BCUT2D eigenvalue weighted by molar-refractivity contribution is 9.10. The highest BCUT2D eigenvalue weighted by Crippen LogP contribution is 2.01. The SMILES string of the molecule is O=S(=O)(CBr)Nc1ncc[nH]1. The van der Waals surface area contributed by atoms with Crippen molar-refractivity contribution >= 4 is 31.9 Å². The monoisotopic (exact) mass is 239 g/mol. The molecule has 0 aromatic carbocycles. The van der Waals surface area contributed by atoms with Crippen molar-refractivity contribution in [3.8, 4) is 0 Å². The van der Waals surface area contributed by atoms with Gasteiger partial charge in [-0.2, -0.15) is 0 Å². The molecule has 0 unspecified atom stereocenters. The lowest BCUT2D eigenvalue weighted by Crippen LogP contribution is -2.13. The van der Waals surface area contributed by atoms with Gasteiger partial charge in [0.2, 0.25) is 16.0 Å². The number of hydrogen-bond acceptors (Lipinski definition) is 3. The molecule has 1 rings (SSSR count). The number of rotatable bonds is 3. The summed E-state index contributed by atoms with van der Waals surface area (Å²) in [5.41, 5.74) is 0. The molecule has 1 heterocycles. The second-order valence-electron chi connectivity index (χ2n) is 1.76. The summed E-state index contributed by atoms with van der Waals surface area (Å²) in [5.74, 6) is 0.226. The number of alkyl halides is 1. The van der Waals surface area contributed by atoms with Gasteiger partial charge in [-0.1, -0.05) is 15.9 Å². The topological polar surface area (TPSA) is 74.8 Å². The number of anilines is 1. The molecule has 5 nitrogen and oxygen atoms in total. The molecule has 1 aromatic heterocycles. The van der Waals surface area contributed by atoms with Crippen molar-refractivity contribution < 1.29 is 8.42 Å². The first kappa shape index (κ1) is 8.54. The van der Waals surface area contributed by atoms with Crippen LogP contribution in [-0.4, -0.2) is 23.0 Å². The van der Waals surface area contributed by atoms with Crippen LogP contribution in [0, 0.1) is 0 Å². The van der Waals surface area contributed by atoms with Gasteiger partial charge in [-0.3, -0.25) is 4.72 Å². The molecule has 0 aliphatic carbocycles. The van der Waals surface area contributed by atoms with E-state index in [2.05, 4.69) is 30.6 Å². The highest BCUT2D eigenvalue weighted by atomic mass is 79.9. The minimum atomic E-state index is -3.27. The molecule has 0 radical (unpaired) electrons. The first-order valence-corrected chi connectivity index (χ1v) is 5.47. The Morgan fingerprint density at radius 3 is 2.91 bits per heavy atom. The summed E-state index contributed by atoms with van der Waals surface area (Å²) in [6, 6.07) is 0. The fraction of sp³-hybridized carbons (Fsp3) is 0.250. The molecule has 62 valence electrons. The van der Waals surface area contributed by atoms with Gasteiger partial charge in [0.15, 0.2) is 0 Å². The number of nitrogens with zero attached hydrogens (tertiary/aromatic N) is 1. The van der Waals surface area contributed by atoms with Gasteiger partial charge in [-0.25, -0.2) is 13.4 Å². The third-order valence-corrected chi connectivity index (χ3v) is 3.49. The predicted molar refractivity (Wildman–Crippen MR) is 44.9 cm³/mol. The molecule has 2 N–H and O–H groups in total. The summed E-state index contributed by atoms with van der Waals surface area (Å²) in [6.45, 7) is 0.